The molecule has 0 spiro atoms. The lowest BCUT2D eigenvalue weighted by Gasteiger charge is -2.12. The van der Waals surface area contributed by atoms with Crippen LogP contribution in [0.4, 0.5) is 5.69 Å². The summed E-state index contributed by atoms with van der Waals surface area (Å²) in [5.74, 6) is 1.11. The number of fused-ring (bicyclic) bond motifs is 1. The average Bonchev–Trinajstić information content (AvgIpc) is 3.29. The molecule has 1 N–H and O–H groups in total. The number of thioether (sulfide) groups is 1. The number of carbonyl (C=O) groups excluding carboxylic acids is 1. The average molecular weight is 529 g/mol. The number of halogens is 1. The summed E-state index contributed by atoms with van der Waals surface area (Å²) < 4.78 is 2.96. The van der Waals surface area contributed by atoms with Crippen LogP contribution >= 0.6 is 27.7 Å². The number of para-hydroxylation sites is 1. The number of benzene rings is 4. The van der Waals surface area contributed by atoms with Crippen LogP contribution in [0.25, 0.3) is 16.5 Å². The van der Waals surface area contributed by atoms with Gasteiger partial charge in [-0.05, 0) is 35.7 Å². The molecule has 0 saturated carbocycles. The number of hydrogen-bond donors (Lipinski definition) is 1. The van der Waals surface area contributed by atoms with E-state index in [1.807, 2.05) is 77.4 Å². The molecule has 0 bridgehead atoms. The first-order valence-corrected chi connectivity index (χ1v) is 12.6. The molecule has 5 nitrogen and oxygen atoms in total. The van der Waals surface area contributed by atoms with Crippen molar-refractivity contribution < 1.29 is 4.79 Å². The molecule has 0 aliphatic heterocycles. The lowest BCUT2D eigenvalue weighted by Crippen LogP contribution is -2.09. The second-order valence-electron chi connectivity index (χ2n) is 7.67. The topological polar surface area (TPSA) is 59.8 Å². The number of nitrogens with one attached hydrogen (secondary N) is 1. The fourth-order valence-corrected chi connectivity index (χ4v) is 4.88. The molecule has 0 aliphatic rings. The van der Waals surface area contributed by atoms with Gasteiger partial charge in [-0.1, -0.05) is 94.4 Å². The highest BCUT2D eigenvalue weighted by molar-refractivity contribution is 9.10. The minimum atomic E-state index is 0.0514. The van der Waals surface area contributed by atoms with E-state index in [9.17, 15) is 4.79 Å². The van der Waals surface area contributed by atoms with E-state index in [4.69, 9.17) is 0 Å². The quantitative estimate of drug-likeness (QED) is 0.178. The SMILES string of the molecule is O=C(CSc1nnc(CNc2cccc3ccccc23)n1-c1ccccc1)c1ccc(Br)cc1. The first kappa shape index (κ1) is 22.4. The standard InChI is InChI=1S/C27H21BrN4OS/c28-21-15-13-20(14-16-21)25(33)18-34-27-31-30-26(32(27)22-9-2-1-3-10-22)17-29-24-12-6-8-19-7-4-5-11-23(19)24/h1-16,29H,17-18H2. The molecule has 0 aliphatic carbocycles. The second-order valence-corrected chi connectivity index (χ2v) is 9.53. The Labute approximate surface area is 210 Å². The molecule has 5 aromatic rings. The monoisotopic (exact) mass is 528 g/mol. The van der Waals surface area contributed by atoms with Crippen molar-refractivity contribution in [3.8, 4) is 5.69 Å². The summed E-state index contributed by atoms with van der Waals surface area (Å²) in [6.07, 6.45) is 0. The van der Waals surface area contributed by atoms with Crippen LogP contribution in [0.2, 0.25) is 0 Å². The molecule has 7 heteroatoms. The highest BCUT2D eigenvalue weighted by atomic mass is 79.9. The first-order chi connectivity index (χ1) is 16.7. The smallest absolute Gasteiger partial charge is 0.196 e. The fraction of sp³-hybridized carbons (Fsp3) is 0.0741. The highest BCUT2D eigenvalue weighted by Crippen LogP contribution is 2.26. The number of carbonyl (C=O) groups is 1. The van der Waals surface area contributed by atoms with Gasteiger partial charge in [0, 0.05) is 26.8 Å². The molecule has 34 heavy (non-hydrogen) atoms. The molecule has 1 heterocycles. The Morgan fingerprint density at radius 1 is 0.853 bits per heavy atom. The zero-order chi connectivity index (χ0) is 23.3. The Morgan fingerprint density at radius 2 is 1.59 bits per heavy atom. The van der Waals surface area contributed by atoms with Crippen LogP contribution in [-0.4, -0.2) is 26.3 Å². The zero-order valence-corrected chi connectivity index (χ0v) is 20.6. The second kappa shape index (κ2) is 10.2. The molecular formula is C27H21BrN4OS. The summed E-state index contributed by atoms with van der Waals surface area (Å²) in [6, 6.07) is 31.9. The number of Topliss-reactive ketones (excluding diaryl/α,β-unsaturated/α-hetero) is 1. The van der Waals surface area contributed by atoms with Crippen molar-refractivity contribution in [2.24, 2.45) is 0 Å². The van der Waals surface area contributed by atoms with E-state index < -0.39 is 0 Å². The van der Waals surface area contributed by atoms with E-state index in [1.54, 1.807) is 0 Å². The molecule has 0 fully saturated rings. The minimum Gasteiger partial charge on any atom is -0.377 e. The van der Waals surface area contributed by atoms with Gasteiger partial charge < -0.3 is 5.32 Å². The third-order valence-corrected chi connectivity index (χ3v) is 6.90. The Morgan fingerprint density at radius 3 is 2.41 bits per heavy atom. The summed E-state index contributed by atoms with van der Waals surface area (Å²) in [7, 11) is 0. The molecule has 5 rings (SSSR count). The lowest BCUT2D eigenvalue weighted by atomic mass is 10.1. The Kier molecular flexibility index (Phi) is 6.74. The Hall–Kier alpha value is -3.42. The van der Waals surface area contributed by atoms with Crippen molar-refractivity contribution in [1.82, 2.24) is 14.8 Å². The molecule has 4 aromatic carbocycles. The van der Waals surface area contributed by atoms with Gasteiger partial charge in [0.2, 0.25) is 0 Å². The molecule has 0 amide bonds. The van der Waals surface area contributed by atoms with Gasteiger partial charge in [0.1, 0.15) is 0 Å². The van der Waals surface area contributed by atoms with E-state index in [2.05, 4.69) is 55.7 Å². The molecule has 0 saturated heterocycles. The molecule has 0 unspecified atom stereocenters. The predicted molar refractivity (Wildman–Crippen MR) is 142 cm³/mol. The van der Waals surface area contributed by atoms with E-state index in [-0.39, 0.29) is 11.5 Å². The fourth-order valence-electron chi connectivity index (χ4n) is 3.75. The van der Waals surface area contributed by atoms with E-state index in [1.165, 1.54) is 17.1 Å². The van der Waals surface area contributed by atoms with Gasteiger partial charge in [0.05, 0.1) is 12.3 Å². The zero-order valence-electron chi connectivity index (χ0n) is 18.2. The third kappa shape index (κ3) is 4.90. The van der Waals surface area contributed by atoms with Crippen LogP contribution in [0.1, 0.15) is 16.2 Å². The van der Waals surface area contributed by atoms with Crippen LogP contribution in [-0.2, 0) is 6.54 Å². The van der Waals surface area contributed by atoms with Crippen molar-refractivity contribution >= 4 is 49.9 Å². The molecule has 0 atom stereocenters. The Balaban J connectivity index is 1.39. The largest absolute Gasteiger partial charge is 0.377 e. The van der Waals surface area contributed by atoms with Gasteiger partial charge in [-0.25, -0.2) is 0 Å². The van der Waals surface area contributed by atoms with Crippen LogP contribution in [0.5, 0.6) is 0 Å². The van der Waals surface area contributed by atoms with Crippen LogP contribution in [0.15, 0.2) is 107 Å². The van der Waals surface area contributed by atoms with Crippen molar-refractivity contribution in [3.63, 3.8) is 0 Å². The number of aromatic nitrogens is 3. The normalized spacial score (nSPS) is 11.0. The maximum atomic E-state index is 12.7. The van der Waals surface area contributed by atoms with Crippen molar-refractivity contribution in [2.45, 2.75) is 11.7 Å². The van der Waals surface area contributed by atoms with Gasteiger partial charge in [0.15, 0.2) is 16.8 Å². The van der Waals surface area contributed by atoms with Crippen LogP contribution in [0.3, 0.4) is 0 Å². The molecule has 1 aromatic heterocycles. The summed E-state index contributed by atoms with van der Waals surface area (Å²) >= 11 is 4.80. The van der Waals surface area contributed by atoms with Crippen molar-refractivity contribution in [3.05, 3.63) is 113 Å². The summed E-state index contributed by atoms with van der Waals surface area (Å²) in [4.78, 5) is 12.7. The molecular weight excluding hydrogens is 508 g/mol. The number of rotatable bonds is 8. The number of hydrogen-bond acceptors (Lipinski definition) is 5. The van der Waals surface area contributed by atoms with E-state index in [0.717, 1.165) is 27.1 Å². The van der Waals surface area contributed by atoms with Crippen molar-refractivity contribution in [1.29, 1.82) is 0 Å². The van der Waals surface area contributed by atoms with Crippen LogP contribution in [0, 0.1) is 0 Å². The first-order valence-electron chi connectivity index (χ1n) is 10.8. The summed E-state index contributed by atoms with van der Waals surface area (Å²) in [5.41, 5.74) is 2.68. The Bertz CT molecular complexity index is 1430. The molecule has 0 radical (unpaired) electrons. The maximum Gasteiger partial charge on any atom is 0.196 e. The van der Waals surface area contributed by atoms with Crippen LogP contribution < -0.4 is 5.32 Å². The minimum absolute atomic E-state index is 0.0514. The van der Waals surface area contributed by atoms with Gasteiger partial charge in [-0.3, -0.25) is 9.36 Å². The number of anilines is 1. The highest BCUT2D eigenvalue weighted by Gasteiger charge is 2.17. The van der Waals surface area contributed by atoms with E-state index in [0.29, 0.717) is 17.3 Å². The number of nitrogens with zero attached hydrogens (tertiary/aromatic N) is 3. The van der Waals surface area contributed by atoms with Gasteiger partial charge >= 0.3 is 0 Å². The van der Waals surface area contributed by atoms with Gasteiger partial charge in [0.25, 0.3) is 0 Å². The lowest BCUT2D eigenvalue weighted by molar-refractivity contribution is 0.102. The van der Waals surface area contributed by atoms with Crippen molar-refractivity contribution in [2.75, 3.05) is 11.1 Å². The van der Waals surface area contributed by atoms with Gasteiger partial charge in [-0.2, -0.15) is 0 Å². The summed E-state index contributed by atoms with van der Waals surface area (Å²) in [6.45, 7) is 0.497. The maximum absolute atomic E-state index is 12.7. The number of ketones is 1. The third-order valence-electron chi connectivity index (χ3n) is 5.44. The van der Waals surface area contributed by atoms with Gasteiger partial charge in [-0.15, -0.1) is 10.2 Å². The molecule has 168 valence electrons. The summed E-state index contributed by atoms with van der Waals surface area (Å²) in [5, 5.41) is 15.4. The predicted octanol–water partition coefficient (Wildman–Crippen LogP) is 6.77. The van der Waals surface area contributed by atoms with E-state index >= 15 is 0 Å².